The van der Waals surface area contributed by atoms with Crippen molar-refractivity contribution in [2.24, 2.45) is 11.8 Å². The van der Waals surface area contributed by atoms with E-state index >= 15 is 0 Å². The number of rotatable bonds is 7. The molecule has 1 heteroatoms. The van der Waals surface area contributed by atoms with Gasteiger partial charge in [0, 0.05) is 22.5 Å². The molecule has 0 radical (unpaired) electrons. The lowest BCUT2D eigenvalue weighted by molar-refractivity contribution is 0.420. The fourth-order valence-electron chi connectivity index (χ4n) is 11.1. The maximum Gasteiger partial charge on any atom is 0.0465 e. The summed E-state index contributed by atoms with van der Waals surface area (Å²) in [5, 5.41) is 0. The van der Waals surface area contributed by atoms with Crippen molar-refractivity contribution in [2.45, 2.75) is 88.9 Å². The maximum absolute atomic E-state index is 2.54. The van der Waals surface area contributed by atoms with E-state index in [-0.39, 0.29) is 5.41 Å². The molecule has 0 N–H and O–H groups in total. The van der Waals surface area contributed by atoms with E-state index in [1.165, 1.54) is 125 Å². The van der Waals surface area contributed by atoms with Crippen LogP contribution in [0.1, 0.15) is 106 Å². The number of benzene rings is 6. The number of anilines is 3. The molecule has 6 aromatic carbocycles. The van der Waals surface area contributed by atoms with Gasteiger partial charge < -0.3 is 4.90 Å². The van der Waals surface area contributed by atoms with E-state index in [1.54, 1.807) is 5.56 Å². The third kappa shape index (κ3) is 5.67. The van der Waals surface area contributed by atoms with Crippen LogP contribution < -0.4 is 4.90 Å². The van der Waals surface area contributed by atoms with Gasteiger partial charge in [0.1, 0.15) is 0 Å². The first-order chi connectivity index (χ1) is 26.0. The predicted octanol–water partition coefficient (Wildman–Crippen LogP) is 14.7. The molecule has 0 saturated heterocycles. The van der Waals surface area contributed by atoms with E-state index in [4.69, 9.17) is 0 Å². The lowest BCUT2D eigenvalue weighted by Crippen LogP contribution is -2.18. The van der Waals surface area contributed by atoms with Crippen molar-refractivity contribution >= 4 is 17.1 Å². The number of nitrogens with zero attached hydrogens (tertiary/aromatic N) is 1. The van der Waals surface area contributed by atoms with Gasteiger partial charge in [-0.25, -0.2) is 0 Å². The van der Waals surface area contributed by atoms with Crippen molar-refractivity contribution in [3.05, 3.63) is 162 Å². The molecule has 0 aromatic heterocycles. The van der Waals surface area contributed by atoms with Crippen molar-refractivity contribution in [3.8, 4) is 33.4 Å². The second-order valence-electron chi connectivity index (χ2n) is 17.1. The van der Waals surface area contributed by atoms with Crippen LogP contribution in [0.2, 0.25) is 0 Å². The average molecular weight is 690 g/mol. The zero-order chi connectivity index (χ0) is 35.5. The standard InChI is InChI=1S/C52H51N/c1-52(2)50-34-43(29-30-46(50)48-22-12-21-47(51(48)52)45-20-10-9-19-44(45)37-15-7-4-8-16-37)53(42-18-11-17-39(33-42)36-13-5-3-6-14-36)41-27-25-38(26-28-41)49-32-35-23-24-40(49)31-35/h4,7-12,15-22,25-30,33-36,40,49H,3,5-6,13-14,23-24,31-32H2,1-2H3. The number of hydrogen-bond donors (Lipinski definition) is 0. The number of fused-ring (bicyclic) bond motifs is 5. The fraction of sp³-hybridized carbons (Fsp3) is 0.308. The van der Waals surface area contributed by atoms with Gasteiger partial charge in [-0.05, 0) is 148 Å². The first-order valence-electron chi connectivity index (χ1n) is 20.5. The highest BCUT2D eigenvalue weighted by molar-refractivity contribution is 5.94. The SMILES string of the molecule is CC1(C)c2cc(N(c3ccc(C4CC5CCC4C5)cc3)c3cccc(C4CCCCC4)c3)ccc2-c2cccc(-c3ccccc3-c3ccccc3)c21. The van der Waals surface area contributed by atoms with E-state index in [9.17, 15) is 0 Å². The Bertz CT molecular complexity index is 2270. The summed E-state index contributed by atoms with van der Waals surface area (Å²) in [4.78, 5) is 2.54. The molecule has 4 aliphatic rings. The number of hydrogen-bond acceptors (Lipinski definition) is 1. The maximum atomic E-state index is 2.54. The molecule has 4 aliphatic carbocycles. The summed E-state index contributed by atoms with van der Waals surface area (Å²) in [6.07, 6.45) is 12.4. The first-order valence-corrected chi connectivity index (χ1v) is 20.5. The fourth-order valence-corrected chi connectivity index (χ4v) is 11.1. The van der Waals surface area contributed by atoms with E-state index in [0.29, 0.717) is 5.92 Å². The van der Waals surface area contributed by atoms with Crippen molar-refractivity contribution in [2.75, 3.05) is 4.90 Å². The summed E-state index contributed by atoms with van der Waals surface area (Å²) in [5.41, 5.74) is 17.4. The van der Waals surface area contributed by atoms with Gasteiger partial charge in [0.05, 0.1) is 0 Å². The summed E-state index contributed by atoms with van der Waals surface area (Å²) < 4.78 is 0. The van der Waals surface area contributed by atoms with Crippen molar-refractivity contribution < 1.29 is 0 Å². The van der Waals surface area contributed by atoms with Crippen LogP contribution in [0.3, 0.4) is 0 Å². The van der Waals surface area contributed by atoms with Gasteiger partial charge in [0.25, 0.3) is 0 Å². The highest BCUT2D eigenvalue weighted by Crippen LogP contribution is 2.55. The van der Waals surface area contributed by atoms with Gasteiger partial charge in [0.2, 0.25) is 0 Å². The Morgan fingerprint density at radius 3 is 1.92 bits per heavy atom. The molecule has 264 valence electrons. The van der Waals surface area contributed by atoms with Crippen molar-refractivity contribution in [3.63, 3.8) is 0 Å². The third-order valence-corrected chi connectivity index (χ3v) is 13.7. The van der Waals surface area contributed by atoms with E-state index in [0.717, 1.165) is 17.8 Å². The van der Waals surface area contributed by atoms with Crippen LogP contribution in [0.15, 0.2) is 140 Å². The zero-order valence-electron chi connectivity index (χ0n) is 31.4. The Labute approximate surface area is 316 Å². The van der Waals surface area contributed by atoms with Gasteiger partial charge in [-0.1, -0.05) is 143 Å². The summed E-state index contributed by atoms with van der Waals surface area (Å²) in [5.74, 6) is 3.25. The molecule has 3 saturated carbocycles. The first kappa shape index (κ1) is 32.7. The van der Waals surface area contributed by atoms with Gasteiger partial charge >= 0.3 is 0 Å². The Morgan fingerprint density at radius 2 is 1.17 bits per heavy atom. The molecule has 3 atom stereocenters. The summed E-state index contributed by atoms with van der Waals surface area (Å²) in [7, 11) is 0. The molecule has 0 heterocycles. The van der Waals surface area contributed by atoms with Crippen LogP contribution >= 0.6 is 0 Å². The summed E-state index contributed by atoms with van der Waals surface area (Å²) in [6.45, 7) is 4.88. The van der Waals surface area contributed by atoms with Crippen molar-refractivity contribution in [1.82, 2.24) is 0 Å². The normalized spacial score (nSPS) is 21.4. The van der Waals surface area contributed by atoms with Gasteiger partial charge in [-0.2, -0.15) is 0 Å². The molecule has 10 rings (SSSR count). The smallest absolute Gasteiger partial charge is 0.0465 e. The molecule has 3 unspecified atom stereocenters. The molecule has 3 fully saturated rings. The van der Waals surface area contributed by atoms with Crippen LogP contribution in [0, 0.1) is 11.8 Å². The lowest BCUT2D eigenvalue weighted by atomic mass is 9.77. The molecule has 2 bridgehead atoms. The van der Waals surface area contributed by atoms with E-state index in [1.807, 2.05) is 0 Å². The topological polar surface area (TPSA) is 3.24 Å². The highest BCUT2D eigenvalue weighted by Gasteiger charge is 2.41. The summed E-state index contributed by atoms with van der Waals surface area (Å²) in [6, 6.07) is 53.3. The van der Waals surface area contributed by atoms with Crippen LogP contribution in [-0.4, -0.2) is 0 Å². The zero-order valence-corrected chi connectivity index (χ0v) is 31.4. The van der Waals surface area contributed by atoms with E-state index in [2.05, 4.69) is 158 Å². The second-order valence-corrected chi connectivity index (χ2v) is 17.1. The lowest BCUT2D eigenvalue weighted by Gasteiger charge is -2.30. The Kier molecular flexibility index (Phi) is 8.16. The van der Waals surface area contributed by atoms with Crippen LogP contribution in [0.25, 0.3) is 33.4 Å². The molecule has 0 amide bonds. The minimum atomic E-state index is -0.178. The van der Waals surface area contributed by atoms with Gasteiger partial charge in [-0.15, -0.1) is 0 Å². The molecular formula is C52H51N. The Hall–Kier alpha value is -4.88. The molecule has 53 heavy (non-hydrogen) atoms. The molecule has 1 nitrogen and oxygen atoms in total. The molecule has 0 spiro atoms. The minimum Gasteiger partial charge on any atom is -0.310 e. The molecule has 6 aromatic rings. The Morgan fingerprint density at radius 1 is 0.491 bits per heavy atom. The summed E-state index contributed by atoms with van der Waals surface area (Å²) >= 11 is 0. The monoisotopic (exact) mass is 689 g/mol. The predicted molar refractivity (Wildman–Crippen MR) is 224 cm³/mol. The van der Waals surface area contributed by atoms with E-state index < -0.39 is 0 Å². The third-order valence-electron chi connectivity index (χ3n) is 13.7. The molecule has 0 aliphatic heterocycles. The van der Waals surface area contributed by atoms with Crippen LogP contribution in [-0.2, 0) is 5.41 Å². The highest BCUT2D eigenvalue weighted by atomic mass is 15.1. The largest absolute Gasteiger partial charge is 0.310 e. The van der Waals surface area contributed by atoms with Gasteiger partial charge in [-0.3, -0.25) is 0 Å². The van der Waals surface area contributed by atoms with Crippen LogP contribution in [0.5, 0.6) is 0 Å². The Balaban J connectivity index is 1.07. The quantitative estimate of drug-likeness (QED) is 0.161. The van der Waals surface area contributed by atoms with Crippen LogP contribution in [0.4, 0.5) is 17.1 Å². The average Bonchev–Trinajstić information content (AvgIpc) is 3.92. The van der Waals surface area contributed by atoms with Crippen molar-refractivity contribution in [1.29, 1.82) is 0 Å². The second kappa shape index (κ2) is 13.2. The minimum absolute atomic E-state index is 0.178. The molecular weight excluding hydrogens is 639 g/mol. The van der Waals surface area contributed by atoms with Gasteiger partial charge in [0.15, 0.2) is 0 Å².